The van der Waals surface area contributed by atoms with E-state index in [-0.39, 0.29) is 11.9 Å². The molecule has 3 aliphatic heterocycles. The maximum atomic E-state index is 12.9. The summed E-state index contributed by atoms with van der Waals surface area (Å²) >= 11 is 0. The summed E-state index contributed by atoms with van der Waals surface area (Å²) in [7, 11) is 1.49. The summed E-state index contributed by atoms with van der Waals surface area (Å²) in [6, 6.07) is 6.58. The lowest BCUT2D eigenvalue weighted by Crippen LogP contribution is -2.45. The molecule has 1 aromatic carbocycles. The highest BCUT2D eigenvalue weighted by molar-refractivity contribution is 5.96. The van der Waals surface area contributed by atoms with Crippen LogP contribution in [0.2, 0.25) is 0 Å². The van der Waals surface area contributed by atoms with Crippen molar-refractivity contribution in [2.24, 2.45) is 4.99 Å². The molecule has 2 bridgehead atoms. The molecule has 0 saturated carbocycles. The van der Waals surface area contributed by atoms with E-state index in [4.69, 9.17) is 19.2 Å². The van der Waals surface area contributed by atoms with Gasteiger partial charge in [-0.3, -0.25) is 14.5 Å². The van der Waals surface area contributed by atoms with Crippen LogP contribution in [0.15, 0.2) is 48.2 Å². The second kappa shape index (κ2) is 8.12. The zero-order valence-corrected chi connectivity index (χ0v) is 18.9. The molecule has 6 rings (SSSR count). The van der Waals surface area contributed by atoms with E-state index >= 15 is 0 Å². The van der Waals surface area contributed by atoms with Crippen molar-refractivity contribution in [2.45, 2.75) is 25.1 Å². The number of carbonyl (C=O) groups is 2. The van der Waals surface area contributed by atoms with Crippen LogP contribution in [0.1, 0.15) is 12.0 Å². The average molecular weight is 474 g/mol. The predicted octanol–water partition coefficient (Wildman–Crippen LogP) is 1.94. The third-order valence-electron chi connectivity index (χ3n) is 6.38. The van der Waals surface area contributed by atoms with E-state index in [2.05, 4.69) is 21.9 Å². The first-order chi connectivity index (χ1) is 17.0. The number of amides is 1. The van der Waals surface area contributed by atoms with Gasteiger partial charge in [0.15, 0.2) is 11.5 Å². The van der Waals surface area contributed by atoms with Crippen molar-refractivity contribution in [3.05, 3.63) is 54.4 Å². The molecule has 1 amide bonds. The van der Waals surface area contributed by atoms with Gasteiger partial charge in [0.05, 0.1) is 19.4 Å². The van der Waals surface area contributed by atoms with Gasteiger partial charge in [-0.1, -0.05) is 6.58 Å². The molecule has 2 atom stereocenters. The Hall–Kier alpha value is -4.41. The van der Waals surface area contributed by atoms with Crippen molar-refractivity contribution in [3.63, 3.8) is 0 Å². The number of nitrogens with zero attached hydrogens (tertiary/aromatic N) is 5. The van der Waals surface area contributed by atoms with Crippen molar-refractivity contribution in [2.75, 3.05) is 25.5 Å². The van der Waals surface area contributed by atoms with Crippen molar-refractivity contribution < 1.29 is 23.8 Å². The van der Waals surface area contributed by atoms with Gasteiger partial charge >= 0.3 is 12.1 Å². The lowest BCUT2D eigenvalue weighted by atomic mass is 10.2. The Morgan fingerprint density at radius 1 is 1.34 bits per heavy atom. The highest BCUT2D eigenvalue weighted by Crippen LogP contribution is 2.38. The number of benzene rings is 1. The van der Waals surface area contributed by atoms with Gasteiger partial charge in [-0.05, 0) is 24.3 Å². The molecule has 35 heavy (non-hydrogen) atoms. The van der Waals surface area contributed by atoms with Crippen LogP contribution < -0.4 is 20.4 Å². The predicted molar refractivity (Wildman–Crippen MR) is 125 cm³/mol. The largest absolute Gasteiger partial charge is 0.491 e. The first kappa shape index (κ1) is 21.1. The van der Waals surface area contributed by atoms with Gasteiger partial charge in [0.1, 0.15) is 23.5 Å². The molecule has 0 radical (unpaired) electrons. The van der Waals surface area contributed by atoms with Crippen LogP contribution in [0.4, 0.5) is 10.6 Å². The number of pyridine rings is 1. The van der Waals surface area contributed by atoms with E-state index in [1.54, 1.807) is 18.5 Å². The molecule has 0 aliphatic carbocycles. The molecule has 3 aliphatic rings. The summed E-state index contributed by atoms with van der Waals surface area (Å²) in [6.07, 6.45) is 2.96. The zero-order chi connectivity index (χ0) is 24.1. The molecular weight excluding hydrogens is 452 g/mol. The highest BCUT2D eigenvalue weighted by atomic mass is 16.6. The van der Waals surface area contributed by atoms with Crippen LogP contribution in [0.5, 0.6) is 11.5 Å². The molecule has 178 valence electrons. The van der Waals surface area contributed by atoms with Crippen molar-refractivity contribution in [1.29, 1.82) is 0 Å². The number of hydrogen-bond acceptors (Lipinski definition) is 9. The molecule has 5 heterocycles. The van der Waals surface area contributed by atoms with E-state index in [0.717, 1.165) is 23.3 Å². The number of esters is 1. The summed E-state index contributed by atoms with van der Waals surface area (Å²) < 4.78 is 18.5. The molecule has 0 unspecified atom stereocenters. The lowest BCUT2D eigenvalue weighted by Gasteiger charge is -2.25. The minimum Gasteiger partial charge on any atom is -0.491 e. The third-order valence-corrected chi connectivity index (χ3v) is 6.38. The van der Waals surface area contributed by atoms with Gasteiger partial charge in [0.2, 0.25) is 5.62 Å². The van der Waals surface area contributed by atoms with Gasteiger partial charge in [-0.25, -0.2) is 19.6 Å². The van der Waals surface area contributed by atoms with Crippen LogP contribution in [0, 0.1) is 0 Å². The van der Waals surface area contributed by atoms with Crippen molar-refractivity contribution >= 4 is 34.5 Å². The van der Waals surface area contributed by atoms with Gasteiger partial charge in [0.25, 0.3) is 0 Å². The number of nitrogens with one attached hydrogen (secondary N) is 1. The van der Waals surface area contributed by atoms with Crippen LogP contribution in [-0.4, -0.2) is 63.8 Å². The van der Waals surface area contributed by atoms with Gasteiger partial charge < -0.3 is 19.5 Å². The molecule has 3 aromatic rings. The minimum atomic E-state index is -0.629. The van der Waals surface area contributed by atoms with Gasteiger partial charge in [-0.15, -0.1) is 0 Å². The first-order valence-electron chi connectivity index (χ1n) is 11.2. The Labute approximate surface area is 199 Å². The smallest absolute Gasteiger partial charge is 0.416 e. The molecule has 2 aromatic heterocycles. The average Bonchev–Trinajstić information content (AvgIpc) is 3.60. The summed E-state index contributed by atoms with van der Waals surface area (Å²) in [5.74, 6) is 0.935. The highest BCUT2D eigenvalue weighted by Gasteiger charge is 2.49. The fourth-order valence-corrected chi connectivity index (χ4v) is 4.73. The number of fused-ring (bicyclic) bond motifs is 5. The summed E-state index contributed by atoms with van der Waals surface area (Å²) in [5.41, 5.74) is 2.22. The van der Waals surface area contributed by atoms with Crippen LogP contribution >= 0.6 is 0 Å². The topological polar surface area (TPSA) is 120 Å². The quantitative estimate of drug-likeness (QED) is 0.570. The number of carbonyl (C=O) groups excluding carboxylic acids is 2. The number of likely N-dealkylation sites (tertiary alicyclic amines) is 1. The first-order valence-corrected chi connectivity index (χ1v) is 11.2. The number of morpholine rings is 1. The molecule has 11 heteroatoms. The molecule has 2 fully saturated rings. The zero-order valence-electron chi connectivity index (χ0n) is 18.9. The number of rotatable bonds is 4. The summed E-state index contributed by atoms with van der Waals surface area (Å²) in [6.45, 7) is 5.79. The number of methoxy groups -OCH3 is 1. The summed E-state index contributed by atoms with van der Waals surface area (Å²) in [4.78, 5) is 39.7. The minimum absolute atomic E-state index is 0.202. The van der Waals surface area contributed by atoms with E-state index in [1.165, 1.54) is 12.0 Å². The summed E-state index contributed by atoms with van der Waals surface area (Å²) in [5, 5.41) is 4.17. The standard InChI is InChI=1S/C24H22N6O5/c1-13(14-4-3-7-25-11-14)27-23-28-19-16(21-26-8-9-29(21)23)5-6-18(20(19)33-2)35-24(32)30-12-15-10-17(30)22(31)34-15/h3-7,11,15,17,26H,1,8-10,12H2,2H3/t15-,17-/m1/s1. The second-order valence-electron chi connectivity index (χ2n) is 8.46. The Kier molecular flexibility index (Phi) is 4.90. The van der Waals surface area contributed by atoms with E-state index in [0.29, 0.717) is 42.1 Å². The number of hydrogen-bond donors (Lipinski definition) is 1. The molecule has 2 saturated heterocycles. The van der Waals surface area contributed by atoms with Crippen LogP contribution in [0.3, 0.4) is 0 Å². The molecule has 1 N–H and O–H groups in total. The molecule has 11 nitrogen and oxygen atoms in total. The molecular formula is C24H22N6O5. The maximum absolute atomic E-state index is 12.9. The van der Waals surface area contributed by atoms with Crippen molar-refractivity contribution in [3.8, 4) is 11.5 Å². The number of ether oxygens (including phenoxy) is 3. The van der Waals surface area contributed by atoms with Crippen LogP contribution in [-0.2, 0) is 16.1 Å². The Bertz CT molecular complexity index is 1450. The molecule has 0 spiro atoms. The normalized spacial score (nSPS) is 20.5. The Balaban J connectivity index is 1.41. The Morgan fingerprint density at radius 3 is 2.97 bits per heavy atom. The third kappa shape index (κ3) is 3.47. The number of aromatic nitrogens is 3. The van der Waals surface area contributed by atoms with E-state index < -0.39 is 18.1 Å². The Morgan fingerprint density at radius 2 is 2.23 bits per heavy atom. The van der Waals surface area contributed by atoms with Crippen molar-refractivity contribution in [1.82, 2.24) is 19.4 Å². The van der Waals surface area contributed by atoms with E-state index in [9.17, 15) is 9.59 Å². The fourth-order valence-electron chi connectivity index (χ4n) is 4.73. The fraction of sp³-hybridized carbons (Fsp3) is 0.292. The monoisotopic (exact) mass is 474 g/mol. The second-order valence-corrected chi connectivity index (χ2v) is 8.46. The lowest BCUT2D eigenvalue weighted by molar-refractivity contribution is -0.149. The van der Waals surface area contributed by atoms with Gasteiger partial charge in [0, 0.05) is 42.9 Å². The number of anilines is 1. The van der Waals surface area contributed by atoms with E-state index in [1.807, 2.05) is 22.8 Å². The SMILES string of the molecule is C=C(N=c1nc2c(OC)c(OC(=O)N3C[C@H]4C[C@@H]3C(=O)O4)ccc2c2n1CCN2)c1cccnc1. The van der Waals surface area contributed by atoms with Crippen LogP contribution in [0.25, 0.3) is 16.6 Å². The van der Waals surface area contributed by atoms with Gasteiger partial charge in [-0.2, -0.15) is 0 Å². The maximum Gasteiger partial charge on any atom is 0.416 e.